The van der Waals surface area contributed by atoms with Gasteiger partial charge in [-0.2, -0.15) is 5.10 Å². The van der Waals surface area contributed by atoms with E-state index in [2.05, 4.69) is 36.4 Å². The van der Waals surface area contributed by atoms with Gasteiger partial charge >= 0.3 is 0 Å². The molecule has 1 heterocycles. The van der Waals surface area contributed by atoms with Gasteiger partial charge in [0.2, 0.25) is 0 Å². The van der Waals surface area contributed by atoms with E-state index in [1.165, 1.54) is 5.56 Å². The van der Waals surface area contributed by atoms with E-state index in [-0.39, 0.29) is 18.6 Å². The average molecular weight is 287 g/mol. The van der Waals surface area contributed by atoms with Crippen LogP contribution in [0.4, 0.5) is 0 Å². The first kappa shape index (κ1) is 15.7. The molecule has 1 aromatic heterocycles. The van der Waals surface area contributed by atoms with Crippen LogP contribution in [0.15, 0.2) is 30.3 Å². The fourth-order valence-electron chi connectivity index (χ4n) is 2.37. The molecule has 0 saturated carbocycles. The molecular weight excluding hydrogens is 262 g/mol. The van der Waals surface area contributed by atoms with Crippen molar-refractivity contribution in [3.63, 3.8) is 0 Å². The first-order valence-corrected chi connectivity index (χ1v) is 7.49. The van der Waals surface area contributed by atoms with Crippen LogP contribution in [0.5, 0.6) is 0 Å². The standard InChI is InChI=1S/C17H25N3O/c1-12(11-21)13(2)18-10-17-14(3)19-20(15(17)4)16-8-6-5-7-9-16/h5-9,12-13,18,21H,10-11H2,1-4H3. The van der Waals surface area contributed by atoms with Crippen molar-refractivity contribution in [3.8, 4) is 5.69 Å². The van der Waals surface area contributed by atoms with Gasteiger partial charge in [-0.1, -0.05) is 25.1 Å². The van der Waals surface area contributed by atoms with Crippen molar-refractivity contribution in [1.82, 2.24) is 15.1 Å². The second-order valence-corrected chi connectivity index (χ2v) is 5.73. The molecule has 2 rings (SSSR count). The molecule has 4 nitrogen and oxygen atoms in total. The van der Waals surface area contributed by atoms with Crippen molar-refractivity contribution in [2.75, 3.05) is 6.61 Å². The predicted octanol–water partition coefficient (Wildman–Crippen LogP) is 2.60. The van der Waals surface area contributed by atoms with Crippen molar-refractivity contribution >= 4 is 0 Å². The van der Waals surface area contributed by atoms with Gasteiger partial charge < -0.3 is 10.4 Å². The minimum atomic E-state index is 0.204. The van der Waals surface area contributed by atoms with Gasteiger partial charge in [-0.15, -0.1) is 0 Å². The molecule has 2 atom stereocenters. The van der Waals surface area contributed by atoms with Crippen molar-refractivity contribution in [2.45, 2.75) is 40.3 Å². The summed E-state index contributed by atoms with van der Waals surface area (Å²) in [6.45, 7) is 9.27. The van der Waals surface area contributed by atoms with E-state index >= 15 is 0 Å². The first-order chi connectivity index (χ1) is 10.0. The van der Waals surface area contributed by atoms with E-state index in [0.29, 0.717) is 0 Å². The van der Waals surface area contributed by atoms with Gasteiger partial charge in [0.25, 0.3) is 0 Å². The summed E-state index contributed by atoms with van der Waals surface area (Å²) in [5.74, 6) is 0.245. The second-order valence-electron chi connectivity index (χ2n) is 5.73. The second kappa shape index (κ2) is 6.87. The summed E-state index contributed by atoms with van der Waals surface area (Å²) >= 11 is 0. The summed E-state index contributed by atoms with van der Waals surface area (Å²) in [6.07, 6.45) is 0. The summed E-state index contributed by atoms with van der Waals surface area (Å²) < 4.78 is 1.99. The highest BCUT2D eigenvalue weighted by Gasteiger charge is 2.15. The van der Waals surface area contributed by atoms with Gasteiger partial charge in [0.15, 0.2) is 0 Å². The number of aliphatic hydroxyl groups is 1. The number of rotatable bonds is 6. The molecule has 0 saturated heterocycles. The molecule has 21 heavy (non-hydrogen) atoms. The van der Waals surface area contributed by atoms with Crippen LogP contribution in [-0.2, 0) is 6.54 Å². The molecule has 0 amide bonds. The lowest BCUT2D eigenvalue weighted by atomic mass is 10.0. The number of para-hydroxylation sites is 1. The van der Waals surface area contributed by atoms with Gasteiger partial charge in [0.1, 0.15) is 0 Å². The average Bonchev–Trinajstić information content (AvgIpc) is 2.79. The van der Waals surface area contributed by atoms with Crippen LogP contribution in [0.1, 0.15) is 30.8 Å². The Morgan fingerprint density at radius 1 is 1.19 bits per heavy atom. The van der Waals surface area contributed by atoms with Crippen molar-refractivity contribution in [3.05, 3.63) is 47.3 Å². The van der Waals surface area contributed by atoms with Crippen LogP contribution in [-0.4, -0.2) is 27.5 Å². The van der Waals surface area contributed by atoms with E-state index < -0.39 is 0 Å². The highest BCUT2D eigenvalue weighted by molar-refractivity contribution is 5.36. The molecule has 2 aromatic rings. The largest absolute Gasteiger partial charge is 0.396 e. The third kappa shape index (κ3) is 3.52. The highest BCUT2D eigenvalue weighted by atomic mass is 16.3. The van der Waals surface area contributed by atoms with E-state index in [4.69, 9.17) is 0 Å². The van der Waals surface area contributed by atoms with Crippen LogP contribution < -0.4 is 5.32 Å². The minimum Gasteiger partial charge on any atom is -0.396 e. The lowest BCUT2D eigenvalue weighted by Gasteiger charge is -2.19. The number of benzene rings is 1. The first-order valence-electron chi connectivity index (χ1n) is 7.49. The van der Waals surface area contributed by atoms with Gasteiger partial charge in [0.05, 0.1) is 11.4 Å². The maximum atomic E-state index is 9.21. The number of hydrogen-bond acceptors (Lipinski definition) is 3. The third-order valence-electron chi connectivity index (χ3n) is 4.18. The Balaban J connectivity index is 2.17. The van der Waals surface area contributed by atoms with Crippen molar-refractivity contribution in [2.24, 2.45) is 5.92 Å². The zero-order chi connectivity index (χ0) is 15.4. The summed E-state index contributed by atoms with van der Waals surface area (Å²) in [7, 11) is 0. The predicted molar refractivity (Wildman–Crippen MR) is 85.6 cm³/mol. The zero-order valence-electron chi connectivity index (χ0n) is 13.3. The van der Waals surface area contributed by atoms with Gasteiger partial charge in [0, 0.05) is 30.5 Å². The van der Waals surface area contributed by atoms with Crippen LogP contribution in [0, 0.1) is 19.8 Å². The molecule has 4 heteroatoms. The topological polar surface area (TPSA) is 50.1 Å². The van der Waals surface area contributed by atoms with E-state index in [0.717, 1.165) is 23.6 Å². The summed E-state index contributed by atoms with van der Waals surface area (Å²) in [4.78, 5) is 0. The zero-order valence-corrected chi connectivity index (χ0v) is 13.3. The summed E-state index contributed by atoms with van der Waals surface area (Å²) in [5.41, 5.74) is 4.53. The maximum Gasteiger partial charge on any atom is 0.0648 e. The fraction of sp³-hybridized carbons (Fsp3) is 0.471. The van der Waals surface area contributed by atoms with E-state index in [1.54, 1.807) is 0 Å². The van der Waals surface area contributed by atoms with Crippen LogP contribution in [0.25, 0.3) is 5.69 Å². The molecular formula is C17H25N3O. The number of hydrogen-bond donors (Lipinski definition) is 2. The number of nitrogens with one attached hydrogen (secondary N) is 1. The molecule has 0 aliphatic rings. The quantitative estimate of drug-likeness (QED) is 0.858. The monoisotopic (exact) mass is 287 g/mol. The molecule has 0 fully saturated rings. The molecule has 114 valence electrons. The Kier molecular flexibility index (Phi) is 5.15. The fourth-order valence-corrected chi connectivity index (χ4v) is 2.37. The van der Waals surface area contributed by atoms with E-state index in [9.17, 15) is 5.11 Å². The molecule has 0 aliphatic heterocycles. The molecule has 2 N–H and O–H groups in total. The Labute approximate surface area is 126 Å². The Morgan fingerprint density at radius 3 is 2.48 bits per heavy atom. The van der Waals surface area contributed by atoms with Crippen molar-refractivity contribution in [1.29, 1.82) is 0 Å². The smallest absolute Gasteiger partial charge is 0.0648 e. The molecule has 1 aromatic carbocycles. The Bertz CT molecular complexity index is 577. The number of aromatic nitrogens is 2. The number of aliphatic hydroxyl groups excluding tert-OH is 1. The number of nitrogens with zero attached hydrogens (tertiary/aromatic N) is 2. The van der Waals surface area contributed by atoms with Gasteiger partial charge in [-0.3, -0.25) is 0 Å². The minimum absolute atomic E-state index is 0.204. The third-order valence-corrected chi connectivity index (χ3v) is 4.18. The molecule has 0 spiro atoms. The highest BCUT2D eigenvalue weighted by Crippen LogP contribution is 2.18. The lowest BCUT2D eigenvalue weighted by molar-refractivity contribution is 0.207. The molecule has 0 bridgehead atoms. The number of aryl methyl sites for hydroxylation is 1. The van der Waals surface area contributed by atoms with Crippen LogP contribution >= 0.6 is 0 Å². The van der Waals surface area contributed by atoms with Crippen LogP contribution in [0.3, 0.4) is 0 Å². The molecule has 0 aliphatic carbocycles. The summed E-state index contributed by atoms with van der Waals surface area (Å²) in [6, 6.07) is 10.5. The molecule has 2 unspecified atom stereocenters. The van der Waals surface area contributed by atoms with Crippen molar-refractivity contribution < 1.29 is 5.11 Å². The Hall–Kier alpha value is -1.65. The normalized spacial score (nSPS) is 14.1. The van der Waals surface area contributed by atoms with Crippen LogP contribution in [0.2, 0.25) is 0 Å². The SMILES string of the molecule is Cc1nn(-c2ccccc2)c(C)c1CNC(C)C(C)CO. The van der Waals surface area contributed by atoms with Gasteiger partial charge in [-0.05, 0) is 38.8 Å². The maximum absolute atomic E-state index is 9.21. The lowest BCUT2D eigenvalue weighted by Crippen LogP contribution is -2.33. The summed E-state index contributed by atoms with van der Waals surface area (Å²) in [5, 5.41) is 17.3. The van der Waals surface area contributed by atoms with E-state index in [1.807, 2.05) is 36.7 Å². The Morgan fingerprint density at radius 2 is 1.86 bits per heavy atom. The molecule has 0 radical (unpaired) electrons. The van der Waals surface area contributed by atoms with Gasteiger partial charge in [-0.25, -0.2) is 4.68 Å².